The molecule has 0 saturated carbocycles. The van der Waals surface area contributed by atoms with Crippen molar-refractivity contribution in [1.29, 1.82) is 0 Å². The zero-order chi connectivity index (χ0) is 11.8. The second-order valence-corrected chi connectivity index (χ2v) is 4.42. The number of nitrogens with zero attached hydrogens (tertiary/aromatic N) is 2. The van der Waals surface area contributed by atoms with Crippen molar-refractivity contribution in [2.75, 3.05) is 0 Å². The highest BCUT2D eigenvalue weighted by Gasteiger charge is 2.27. The highest BCUT2D eigenvalue weighted by Crippen LogP contribution is 2.29. The number of halogens is 1. The number of hydrogen-bond acceptors (Lipinski definition) is 2. The molecule has 0 saturated heterocycles. The highest BCUT2D eigenvalue weighted by atomic mass is 35.5. The van der Waals surface area contributed by atoms with E-state index >= 15 is 0 Å². The van der Waals surface area contributed by atoms with Gasteiger partial charge in [0.1, 0.15) is 5.60 Å². The average molecular weight is 237 g/mol. The van der Waals surface area contributed by atoms with E-state index in [-0.39, 0.29) is 0 Å². The maximum atomic E-state index is 10.5. The Hall–Kier alpha value is -1.32. The monoisotopic (exact) mass is 236 g/mol. The average Bonchev–Trinajstić information content (AvgIpc) is 2.65. The first-order chi connectivity index (χ1) is 7.50. The molecule has 1 heterocycles. The molecule has 0 aliphatic heterocycles. The molecular formula is C12H13ClN2O. The topological polar surface area (TPSA) is 38.0 Å². The molecule has 1 aromatic carbocycles. The van der Waals surface area contributed by atoms with E-state index in [0.29, 0.717) is 5.02 Å². The first-order valence-electron chi connectivity index (χ1n) is 4.97. The molecule has 1 aromatic heterocycles. The van der Waals surface area contributed by atoms with Crippen LogP contribution in [0.15, 0.2) is 36.7 Å². The lowest BCUT2D eigenvalue weighted by Gasteiger charge is -2.22. The van der Waals surface area contributed by atoms with Gasteiger partial charge in [-0.15, -0.1) is 0 Å². The molecule has 84 valence electrons. The van der Waals surface area contributed by atoms with Gasteiger partial charge in [0.05, 0.1) is 6.20 Å². The summed E-state index contributed by atoms with van der Waals surface area (Å²) in [5.41, 5.74) is 0.435. The molecule has 1 N–H and O–H groups in total. The van der Waals surface area contributed by atoms with Crippen LogP contribution in [0.4, 0.5) is 0 Å². The molecule has 0 fully saturated rings. The molecule has 3 nitrogen and oxygen atoms in total. The summed E-state index contributed by atoms with van der Waals surface area (Å²) in [4.78, 5) is 0. The van der Waals surface area contributed by atoms with Crippen LogP contribution in [0.1, 0.15) is 18.1 Å². The van der Waals surface area contributed by atoms with E-state index in [4.69, 9.17) is 11.6 Å². The Morgan fingerprint density at radius 2 is 2.12 bits per heavy atom. The number of rotatable bonds is 2. The van der Waals surface area contributed by atoms with Crippen molar-refractivity contribution in [1.82, 2.24) is 9.78 Å². The molecular weight excluding hydrogens is 224 g/mol. The fraction of sp³-hybridized carbons (Fsp3) is 0.250. The summed E-state index contributed by atoms with van der Waals surface area (Å²) < 4.78 is 1.66. The van der Waals surface area contributed by atoms with E-state index in [1.54, 1.807) is 36.1 Å². The lowest BCUT2D eigenvalue weighted by atomic mass is 9.90. The zero-order valence-electron chi connectivity index (χ0n) is 9.18. The van der Waals surface area contributed by atoms with E-state index in [0.717, 1.165) is 11.1 Å². The second-order valence-electron chi connectivity index (χ2n) is 3.99. The Balaban J connectivity index is 2.46. The molecule has 2 rings (SSSR count). The quantitative estimate of drug-likeness (QED) is 0.869. The first-order valence-corrected chi connectivity index (χ1v) is 5.35. The maximum Gasteiger partial charge on any atom is 0.115 e. The number of benzene rings is 1. The lowest BCUT2D eigenvalue weighted by molar-refractivity contribution is 0.102. The maximum absolute atomic E-state index is 10.5. The molecule has 0 radical (unpaired) electrons. The third-order valence-electron chi connectivity index (χ3n) is 2.65. The third kappa shape index (κ3) is 1.96. The Morgan fingerprint density at radius 1 is 1.38 bits per heavy atom. The lowest BCUT2D eigenvalue weighted by Crippen LogP contribution is -2.22. The fourth-order valence-corrected chi connectivity index (χ4v) is 1.82. The minimum Gasteiger partial charge on any atom is -0.381 e. The molecule has 0 bridgehead atoms. The summed E-state index contributed by atoms with van der Waals surface area (Å²) in [5, 5.41) is 15.2. The third-order valence-corrected chi connectivity index (χ3v) is 2.89. The summed E-state index contributed by atoms with van der Waals surface area (Å²) in [7, 11) is 1.82. The van der Waals surface area contributed by atoms with Crippen molar-refractivity contribution < 1.29 is 5.11 Å². The molecule has 4 heteroatoms. The van der Waals surface area contributed by atoms with Gasteiger partial charge in [0, 0.05) is 23.8 Å². The number of hydrogen-bond donors (Lipinski definition) is 1. The standard InChI is InChI=1S/C12H13ClN2O/c1-12(16,10-7-14-15(2)8-10)9-4-3-5-11(13)6-9/h3-8,16H,1-2H3. The number of aryl methyl sites for hydroxylation is 1. The van der Waals surface area contributed by atoms with Crippen LogP contribution < -0.4 is 0 Å². The van der Waals surface area contributed by atoms with Gasteiger partial charge in [-0.05, 0) is 24.6 Å². The minimum absolute atomic E-state index is 0.613. The van der Waals surface area contributed by atoms with Gasteiger partial charge >= 0.3 is 0 Å². The molecule has 1 atom stereocenters. The zero-order valence-corrected chi connectivity index (χ0v) is 9.94. The minimum atomic E-state index is -1.07. The molecule has 16 heavy (non-hydrogen) atoms. The number of aromatic nitrogens is 2. The van der Waals surface area contributed by atoms with Crippen LogP contribution in [-0.4, -0.2) is 14.9 Å². The predicted molar refractivity (Wildman–Crippen MR) is 63.3 cm³/mol. The van der Waals surface area contributed by atoms with Crippen LogP contribution in [0.5, 0.6) is 0 Å². The highest BCUT2D eigenvalue weighted by molar-refractivity contribution is 6.30. The normalized spacial score (nSPS) is 14.8. The Labute approximate surface area is 99.3 Å². The van der Waals surface area contributed by atoms with Crippen molar-refractivity contribution in [2.45, 2.75) is 12.5 Å². The Kier molecular flexibility index (Phi) is 2.74. The molecule has 1 unspecified atom stereocenters. The predicted octanol–water partition coefficient (Wildman–Crippen LogP) is 2.33. The van der Waals surface area contributed by atoms with E-state index in [2.05, 4.69) is 5.10 Å². The molecule has 0 spiro atoms. The van der Waals surface area contributed by atoms with Crippen LogP contribution >= 0.6 is 11.6 Å². The molecule has 2 aromatic rings. The van der Waals surface area contributed by atoms with Gasteiger partial charge in [-0.25, -0.2) is 0 Å². The fourth-order valence-electron chi connectivity index (χ4n) is 1.63. The summed E-state index contributed by atoms with van der Waals surface area (Å²) in [6.07, 6.45) is 3.45. The summed E-state index contributed by atoms with van der Waals surface area (Å²) in [5.74, 6) is 0. The van der Waals surface area contributed by atoms with Crippen molar-refractivity contribution in [3.63, 3.8) is 0 Å². The Bertz CT molecular complexity index is 505. The number of aliphatic hydroxyl groups is 1. The Morgan fingerprint density at radius 3 is 2.69 bits per heavy atom. The van der Waals surface area contributed by atoms with E-state index in [9.17, 15) is 5.11 Å². The van der Waals surface area contributed by atoms with Gasteiger partial charge in [0.15, 0.2) is 0 Å². The van der Waals surface area contributed by atoms with Crippen LogP contribution in [0, 0.1) is 0 Å². The van der Waals surface area contributed by atoms with Crippen molar-refractivity contribution in [2.24, 2.45) is 7.05 Å². The van der Waals surface area contributed by atoms with E-state index in [1.165, 1.54) is 0 Å². The van der Waals surface area contributed by atoms with Crippen LogP contribution in [-0.2, 0) is 12.6 Å². The summed E-state index contributed by atoms with van der Waals surface area (Å²) in [6, 6.07) is 7.21. The largest absolute Gasteiger partial charge is 0.381 e. The molecule has 0 aliphatic carbocycles. The summed E-state index contributed by atoms with van der Waals surface area (Å²) >= 11 is 5.91. The molecule has 0 amide bonds. The van der Waals surface area contributed by atoms with Gasteiger partial charge in [-0.1, -0.05) is 23.7 Å². The smallest absolute Gasteiger partial charge is 0.115 e. The van der Waals surface area contributed by atoms with Gasteiger partial charge in [-0.2, -0.15) is 5.10 Å². The van der Waals surface area contributed by atoms with Gasteiger partial charge in [0.25, 0.3) is 0 Å². The van der Waals surface area contributed by atoms with Crippen molar-refractivity contribution >= 4 is 11.6 Å². The summed E-state index contributed by atoms with van der Waals surface area (Å²) in [6.45, 7) is 1.73. The van der Waals surface area contributed by atoms with Crippen molar-refractivity contribution in [3.8, 4) is 0 Å². The van der Waals surface area contributed by atoms with Crippen LogP contribution in [0.3, 0.4) is 0 Å². The van der Waals surface area contributed by atoms with E-state index in [1.807, 2.05) is 19.2 Å². The van der Waals surface area contributed by atoms with Crippen LogP contribution in [0.25, 0.3) is 0 Å². The van der Waals surface area contributed by atoms with Crippen LogP contribution in [0.2, 0.25) is 5.02 Å². The van der Waals surface area contributed by atoms with Gasteiger partial charge < -0.3 is 5.11 Å². The molecule has 0 aliphatic rings. The first kappa shape index (κ1) is 11.2. The van der Waals surface area contributed by atoms with Gasteiger partial charge in [0.2, 0.25) is 0 Å². The van der Waals surface area contributed by atoms with E-state index < -0.39 is 5.60 Å². The second kappa shape index (κ2) is 3.92. The van der Waals surface area contributed by atoms with Gasteiger partial charge in [-0.3, -0.25) is 4.68 Å². The van der Waals surface area contributed by atoms with Crippen molar-refractivity contribution in [3.05, 3.63) is 52.8 Å². The SMILES string of the molecule is Cn1cc(C(C)(O)c2cccc(Cl)c2)cn1.